The van der Waals surface area contributed by atoms with Crippen molar-refractivity contribution < 1.29 is 0 Å². The highest BCUT2D eigenvalue weighted by Gasteiger charge is 2.15. The van der Waals surface area contributed by atoms with Crippen LogP contribution in [0.3, 0.4) is 0 Å². The number of unbranched alkanes of at least 4 members (excludes halogenated alkanes) is 2. The van der Waals surface area contributed by atoms with Gasteiger partial charge in [0.15, 0.2) is 0 Å². The lowest BCUT2D eigenvalue weighted by Gasteiger charge is -2.26. The molecule has 17 heavy (non-hydrogen) atoms. The van der Waals surface area contributed by atoms with Gasteiger partial charge in [0.1, 0.15) is 0 Å². The van der Waals surface area contributed by atoms with Crippen LogP contribution in [-0.2, 0) is 0 Å². The maximum atomic E-state index is 3.48. The van der Waals surface area contributed by atoms with Crippen LogP contribution in [0.1, 0.15) is 65.2 Å². The zero-order valence-corrected chi connectivity index (χ0v) is 12.0. The quantitative estimate of drug-likeness (QED) is 0.654. The molecule has 0 radical (unpaired) electrons. The summed E-state index contributed by atoms with van der Waals surface area (Å²) < 4.78 is 0. The van der Waals surface area contributed by atoms with Gasteiger partial charge in [-0.3, -0.25) is 0 Å². The monoisotopic (exact) mass is 240 g/mol. The number of rotatable bonds is 8. The first-order chi connectivity index (χ1) is 8.34. The molecule has 1 unspecified atom stereocenters. The summed E-state index contributed by atoms with van der Waals surface area (Å²) in [5.41, 5.74) is 0. The largest absolute Gasteiger partial charge is 0.317 e. The molecule has 102 valence electrons. The summed E-state index contributed by atoms with van der Waals surface area (Å²) in [6, 6.07) is 0.829. The molecule has 1 fully saturated rings. The van der Waals surface area contributed by atoms with Crippen LogP contribution in [0.5, 0.6) is 0 Å². The van der Waals surface area contributed by atoms with Gasteiger partial charge in [-0.05, 0) is 65.2 Å². The van der Waals surface area contributed by atoms with Gasteiger partial charge in [0.05, 0.1) is 0 Å². The van der Waals surface area contributed by atoms with Gasteiger partial charge in [-0.15, -0.1) is 0 Å². The van der Waals surface area contributed by atoms with E-state index in [9.17, 15) is 0 Å². The Hall–Kier alpha value is -0.0800. The molecule has 1 N–H and O–H groups in total. The van der Waals surface area contributed by atoms with Crippen molar-refractivity contribution in [1.29, 1.82) is 0 Å². The second-order valence-electron chi connectivity index (χ2n) is 5.54. The highest BCUT2D eigenvalue weighted by Crippen LogP contribution is 2.16. The van der Waals surface area contributed by atoms with Gasteiger partial charge >= 0.3 is 0 Å². The minimum atomic E-state index is 0.829. The van der Waals surface area contributed by atoms with E-state index in [0.29, 0.717) is 0 Å². The first kappa shape index (κ1) is 15.0. The van der Waals surface area contributed by atoms with Crippen molar-refractivity contribution in [3.05, 3.63) is 0 Å². The van der Waals surface area contributed by atoms with Crippen LogP contribution in [0.2, 0.25) is 0 Å². The van der Waals surface area contributed by atoms with Crippen molar-refractivity contribution in [2.45, 2.75) is 71.3 Å². The van der Waals surface area contributed by atoms with E-state index in [1.165, 1.54) is 77.5 Å². The fourth-order valence-corrected chi connectivity index (χ4v) is 2.71. The van der Waals surface area contributed by atoms with Gasteiger partial charge < -0.3 is 10.2 Å². The number of nitrogens with one attached hydrogen (secondary N) is 1. The summed E-state index contributed by atoms with van der Waals surface area (Å²) in [5.74, 6) is 0. The van der Waals surface area contributed by atoms with Crippen molar-refractivity contribution in [3.63, 3.8) is 0 Å². The molecular formula is C15H32N2. The van der Waals surface area contributed by atoms with E-state index >= 15 is 0 Å². The Balaban J connectivity index is 1.97. The predicted molar refractivity (Wildman–Crippen MR) is 76.5 cm³/mol. The maximum Gasteiger partial charge on any atom is 0.00669 e. The van der Waals surface area contributed by atoms with E-state index in [1.54, 1.807) is 0 Å². The average Bonchev–Trinajstić information content (AvgIpc) is 2.53. The summed E-state index contributed by atoms with van der Waals surface area (Å²) in [6.07, 6.45) is 11.1. The molecule has 1 heterocycles. The van der Waals surface area contributed by atoms with Crippen LogP contribution >= 0.6 is 0 Å². The van der Waals surface area contributed by atoms with Crippen LogP contribution < -0.4 is 5.32 Å². The smallest absolute Gasteiger partial charge is 0.00669 e. The molecule has 1 saturated heterocycles. The Labute approximate surface area is 108 Å². The third-order valence-corrected chi connectivity index (χ3v) is 3.92. The maximum absolute atomic E-state index is 3.48. The van der Waals surface area contributed by atoms with Gasteiger partial charge in [-0.2, -0.15) is 0 Å². The van der Waals surface area contributed by atoms with E-state index in [4.69, 9.17) is 0 Å². The molecule has 0 saturated carbocycles. The SMILES string of the molecule is CCCNCCCCCN1CCCCCC1C. The zero-order chi connectivity index (χ0) is 12.3. The summed E-state index contributed by atoms with van der Waals surface area (Å²) >= 11 is 0. The molecule has 0 aromatic rings. The molecule has 1 aliphatic heterocycles. The molecule has 0 aliphatic carbocycles. The van der Waals surface area contributed by atoms with Crippen LogP contribution in [-0.4, -0.2) is 37.1 Å². The molecule has 0 amide bonds. The third kappa shape index (κ3) is 7.05. The third-order valence-electron chi connectivity index (χ3n) is 3.92. The van der Waals surface area contributed by atoms with Crippen molar-refractivity contribution in [3.8, 4) is 0 Å². The van der Waals surface area contributed by atoms with Gasteiger partial charge in [0, 0.05) is 6.04 Å². The molecule has 1 atom stereocenters. The van der Waals surface area contributed by atoms with Crippen LogP contribution in [0.25, 0.3) is 0 Å². The van der Waals surface area contributed by atoms with Crippen molar-refractivity contribution in [2.75, 3.05) is 26.2 Å². The lowest BCUT2D eigenvalue weighted by atomic mass is 10.1. The summed E-state index contributed by atoms with van der Waals surface area (Å²) in [4.78, 5) is 2.71. The molecular weight excluding hydrogens is 208 g/mol. The molecule has 2 nitrogen and oxygen atoms in total. The molecule has 2 heteroatoms. The number of hydrogen-bond acceptors (Lipinski definition) is 2. The van der Waals surface area contributed by atoms with Crippen molar-refractivity contribution >= 4 is 0 Å². The van der Waals surface area contributed by atoms with Crippen LogP contribution in [0, 0.1) is 0 Å². The predicted octanol–water partition coefficient (Wildman–Crippen LogP) is 3.42. The van der Waals surface area contributed by atoms with E-state index < -0.39 is 0 Å². The standard InChI is InChI=1S/C15H32N2/c1-3-11-16-12-7-5-9-14-17-13-8-4-6-10-15(17)2/h15-16H,3-14H2,1-2H3. The van der Waals surface area contributed by atoms with Crippen molar-refractivity contribution in [2.24, 2.45) is 0 Å². The highest BCUT2D eigenvalue weighted by atomic mass is 15.1. The second-order valence-corrected chi connectivity index (χ2v) is 5.54. The van der Waals surface area contributed by atoms with Crippen LogP contribution in [0.4, 0.5) is 0 Å². The molecule has 0 aromatic heterocycles. The highest BCUT2D eigenvalue weighted by molar-refractivity contribution is 4.71. The molecule has 0 spiro atoms. The Morgan fingerprint density at radius 1 is 1.06 bits per heavy atom. The summed E-state index contributed by atoms with van der Waals surface area (Å²) in [6.45, 7) is 9.71. The number of nitrogens with zero attached hydrogens (tertiary/aromatic N) is 1. The van der Waals surface area contributed by atoms with E-state index in [-0.39, 0.29) is 0 Å². The van der Waals surface area contributed by atoms with E-state index in [0.717, 1.165) is 6.04 Å². The number of likely N-dealkylation sites (tertiary alicyclic amines) is 1. The fourth-order valence-electron chi connectivity index (χ4n) is 2.71. The molecule has 1 rings (SSSR count). The second kappa shape index (κ2) is 9.90. The van der Waals surface area contributed by atoms with E-state index in [2.05, 4.69) is 24.1 Å². The Morgan fingerprint density at radius 2 is 1.94 bits per heavy atom. The Kier molecular flexibility index (Phi) is 8.72. The average molecular weight is 240 g/mol. The Bertz CT molecular complexity index is 170. The van der Waals surface area contributed by atoms with E-state index in [1.807, 2.05) is 0 Å². The minimum absolute atomic E-state index is 0.829. The van der Waals surface area contributed by atoms with Gasteiger partial charge in [-0.1, -0.05) is 26.2 Å². The normalized spacial score (nSPS) is 22.6. The van der Waals surface area contributed by atoms with Crippen molar-refractivity contribution in [1.82, 2.24) is 10.2 Å². The summed E-state index contributed by atoms with van der Waals surface area (Å²) in [5, 5.41) is 3.48. The number of hydrogen-bond donors (Lipinski definition) is 1. The first-order valence-electron chi connectivity index (χ1n) is 7.79. The molecule has 0 aromatic carbocycles. The minimum Gasteiger partial charge on any atom is -0.317 e. The summed E-state index contributed by atoms with van der Waals surface area (Å²) in [7, 11) is 0. The first-order valence-corrected chi connectivity index (χ1v) is 7.79. The van der Waals surface area contributed by atoms with Gasteiger partial charge in [-0.25, -0.2) is 0 Å². The van der Waals surface area contributed by atoms with Crippen LogP contribution in [0.15, 0.2) is 0 Å². The molecule has 0 bridgehead atoms. The van der Waals surface area contributed by atoms with Gasteiger partial charge in [0.2, 0.25) is 0 Å². The van der Waals surface area contributed by atoms with Gasteiger partial charge in [0.25, 0.3) is 0 Å². The topological polar surface area (TPSA) is 15.3 Å². The lowest BCUT2D eigenvalue weighted by Crippen LogP contribution is -2.33. The Morgan fingerprint density at radius 3 is 2.76 bits per heavy atom. The molecule has 1 aliphatic rings. The fraction of sp³-hybridized carbons (Fsp3) is 1.00. The lowest BCUT2D eigenvalue weighted by molar-refractivity contribution is 0.209. The zero-order valence-electron chi connectivity index (χ0n) is 12.0.